The largest absolute Gasteiger partial charge is 0.368 e. The number of pyridine rings is 1. The van der Waals surface area contributed by atoms with Gasteiger partial charge in [0.25, 0.3) is 0 Å². The van der Waals surface area contributed by atoms with Crippen LogP contribution in [0.15, 0.2) is 82.8 Å². The zero-order valence-electron chi connectivity index (χ0n) is 18.1. The molecule has 170 valence electrons. The molecule has 2 aromatic heterocycles. The highest BCUT2D eigenvalue weighted by Crippen LogP contribution is 2.36. The molecule has 33 heavy (non-hydrogen) atoms. The molecular weight excluding hydrogens is 436 g/mol. The van der Waals surface area contributed by atoms with Gasteiger partial charge in [-0.1, -0.05) is 42.5 Å². The van der Waals surface area contributed by atoms with Gasteiger partial charge in [-0.3, -0.25) is 0 Å². The first-order valence-corrected chi connectivity index (χ1v) is 12.6. The Hall–Kier alpha value is -3.00. The van der Waals surface area contributed by atoms with E-state index in [-0.39, 0.29) is 15.8 Å². The van der Waals surface area contributed by atoms with Crippen LogP contribution in [0.5, 0.6) is 0 Å². The van der Waals surface area contributed by atoms with Gasteiger partial charge in [0.15, 0.2) is 11.3 Å². The molecule has 0 fully saturated rings. The Labute approximate surface area is 193 Å². The summed E-state index contributed by atoms with van der Waals surface area (Å²) in [4.78, 5) is 4.53. The van der Waals surface area contributed by atoms with Crippen molar-refractivity contribution in [3.8, 4) is 0 Å². The van der Waals surface area contributed by atoms with Gasteiger partial charge in [-0.15, -0.1) is 0 Å². The number of para-hydroxylation sites is 1. The van der Waals surface area contributed by atoms with E-state index in [1.165, 1.54) is 11.9 Å². The van der Waals surface area contributed by atoms with Crippen LogP contribution in [-0.2, 0) is 29.2 Å². The Morgan fingerprint density at radius 2 is 1.76 bits per heavy atom. The number of nitrogens with zero attached hydrogens (tertiary/aromatic N) is 2. The molecule has 1 unspecified atom stereocenters. The molecule has 0 aliphatic carbocycles. The summed E-state index contributed by atoms with van der Waals surface area (Å²) in [5, 5.41) is 20.1. The van der Waals surface area contributed by atoms with E-state index in [4.69, 9.17) is 0 Å². The van der Waals surface area contributed by atoms with Gasteiger partial charge in [0.2, 0.25) is 9.84 Å². The quantitative estimate of drug-likeness (QED) is 0.426. The summed E-state index contributed by atoms with van der Waals surface area (Å²) in [5.74, 6) is 0.188. The fourth-order valence-electron chi connectivity index (χ4n) is 5.00. The molecule has 2 N–H and O–H groups in total. The van der Waals surface area contributed by atoms with E-state index >= 15 is 0 Å². The third-order valence-electron chi connectivity index (χ3n) is 6.49. The van der Waals surface area contributed by atoms with Crippen molar-refractivity contribution in [1.29, 1.82) is 0 Å². The molecule has 6 nitrogen and oxygen atoms in total. The lowest BCUT2D eigenvalue weighted by atomic mass is 9.92. The normalized spacial score (nSPS) is 16.3. The van der Waals surface area contributed by atoms with Crippen LogP contribution >= 0.6 is 0 Å². The number of aromatic nitrogens is 2. The van der Waals surface area contributed by atoms with E-state index in [0.717, 1.165) is 35.9 Å². The summed E-state index contributed by atoms with van der Waals surface area (Å²) >= 11 is 0. The highest BCUT2D eigenvalue weighted by molar-refractivity contribution is 7.91. The molecule has 2 aromatic carbocycles. The Kier molecular flexibility index (Phi) is 5.78. The Morgan fingerprint density at radius 1 is 1.00 bits per heavy atom. The van der Waals surface area contributed by atoms with Crippen LogP contribution in [0.2, 0.25) is 0 Å². The lowest BCUT2D eigenvalue weighted by molar-refractivity contribution is -0.0587. The van der Waals surface area contributed by atoms with E-state index in [1.807, 2.05) is 18.2 Å². The van der Waals surface area contributed by atoms with Crippen molar-refractivity contribution in [2.45, 2.75) is 48.4 Å². The van der Waals surface area contributed by atoms with Crippen LogP contribution in [0.1, 0.15) is 29.7 Å². The van der Waals surface area contributed by atoms with Gasteiger partial charge in [0.05, 0.1) is 4.90 Å². The van der Waals surface area contributed by atoms with E-state index in [2.05, 4.69) is 21.7 Å². The highest BCUT2D eigenvalue weighted by Gasteiger charge is 2.28. The lowest BCUT2D eigenvalue weighted by Crippen LogP contribution is -2.24. The van der Waals surface area contributed by atoms with Crippen molar-refractivity contribution >= 4 is 20.7 Å². The van der Waals surface area contributed by atoms with Crippen molar-refractivity contribution < 1.29 is 18.6 Å². The summed E-state index contributed by atoms with van der Waals surface area (Å²) in [7, 11) is -3.74. The van der Waals surface area contributed by atoms with Gasteiger partial charge >= 0.3 is 0 Å². The minimum absolute atomic E-state index is 0.0947. The summed E-state index contributed by atoms with van der Waals surface area (Å²) in [6, 6.07) is 20.2. The number of rotatable bonds is 6. The number of benzene rings is 2. The molecule has 7 heteroatoms. The number of sulfone groups is 1. The Balaban J connectivity index is 1.59. The fourth-order valence-corrected chi connectivity index (χ4v) is 6.43. The third kappa shape index (κ3) is 4.08. The van der Waals surface area contributed by atoms with Crippen molar-refractivity contribution in [3.05, 3.63) is 89.7 Å². The van der Waals surface area contributed by atoms with E-state index in [1.54, 1.807) is 36.4 Å². The number of hydrogen-bond donors (Lipinski definition) is 2. The number of aliphatic hydroxyl groups excluding tert-OH is 1. The molecular formula is C26H26N2O4S. The zero-order chi connectivity index (χ0) is 23.0. The van der Waals surface area contributed by atoms with Gasteiger partial charge in [-0.2, -0.15) is 0 Å². The van der Waals surface area contributed by atoms with Crippen molar-refractivity contribution in [1.82, 2.24) is 9.55 Å². The number of fused-ring (bicyclic) bond motifs is 3. The Morgan fingerprint density at radius 3 is 2.55 bits per heavy atom. The van der Waals surface area contributed by atoms with E-state index < -0.39 is 16.1 Å². The summed E-state index contributed by atoms with van der Waals surface area (Å²) in [5.41, 5.74) is 4.07. The minimum Gasteiger partial charge on any atom is -0.368 e. The van der Waals surface area contributed by atoms with Crippen molar-refractivity contribution in [3.63, 3.8) is 0 Å². The second-order valence-corrected chi connectivity index (χ2v) is 10.5. The second-order valence-electron chi connectivity index (χ2n) is 8.63. The molecule has 3 heterocycles. The standard InChI is InChI=1S/C26H26N2O4S/c29-25(30)15-18-12-13-24-22(21-10-4-5-11-23(21)28(24)17-18)16-19-7-6-14-27-26(19)33(31,32)20-8-2-1-3-9-20/h1-11,14,18,25,29-30H,12-13,15-17H2. The molecule has 0 saturated carbocycles. The smallest absolute Gasteiger partial charge is 0.224 e. The molecule has 4 aromatic rings. The van der Waals surface area contributed by atoms with Crippen LogP contribution in [0.4, 0.5) is 0 Å². The van der Waals surface area contributed by atoms with E-state index in [0.29, 0.717) is 18.4 Å². The van der Waals surface area contributed by atoms with Crippen molar-refractivity contribution in [2.75, 3.05) is 0 Å². The zero-order valence-corrected chi connectivity index (χ0v) is 18.9. The lowest BCUT2D eigenvalue weighted by Gasteiger charge is -2.26. The Bertz CT molecular complexity index is 1390. The third-order valence-corrected chi connectivity index (χ3v) is 8.26. The average molecular weight is 463 g/mol. The van der Waals surface area contributed by atoms with E-state index in [9.17, 15) is 18.6 Å². The number of hydrogen-bond acceptors (Lipinski definition) is 5. The maximum absolute atomic E-state index is 13.4. The average Bonchev–Trinajstić information content (AvgIpc) is 3.13. The van der Waals surface area contributed by atoms with Gasteiger partial charge in [-0.05, 0) is 54.2 Å². The van der Waals surface area contributed by atoms with Crippen LogP contribution < -0.4 is 0 Å². The topological polar surface area (TPSA) is 92.4 Å². The molecule has 0 amide bonds. The minimum atomic E-state index is -3.74. The summed E-state index contributed by atoms with van der Waals surface area (Å²) in [6.45, 7) is 0.718. The molecule has 0 bridgehead atoms. The predicted octanol–water partition coefficient (Wildman–Crippen LogP) is 3.72. The monoisotopic (exact) mass is 462 g/mol. The maximum atomic E-state index is 13.4. The molecule has 0 saturated heterocycles. The first-order valence-electron chi connectivity index (χ1n) is 11.1. The number of aliphatic hydroxyl groups is 2. The second kappa shape index (κ2) is 8.74. The summed E-state index contributed by atoms with van der Waals surface area (Å²) < 4.78 is 29.0. The van der Waals surface area contributed by atoms with Gasteiger partial charge in [0, 0.05) is 42.2 Å². The first-order chi connectivity index (χ1) is 15.9. The van der Waals surface area contributed by atoms with Gasteiger partial charge in [-0.25, -0.2) is 13.4 Å². The molecule has 1 aliphatic heterocycles. The van der Waals surface area contributed by atoms with Crippen LogP contribution in [0.3, 0.4) is 0 Å². The molecule has 0 radical (unpaired) electrons. The molecule has 0 spiro atoms. The summed E-state index contributed by atoms with van der Waals surface area (Å²) in [6.07, 6.45) is 2.71. The van der Waals surface area contributed by atoms with Crippen molar-refractivity contribution in [2.24, 2.45) is 5.92 Å². The predicted molar refractivity (Wildman–Crippen MR) is 126 cm³/mol. The fraction of sp³-hybridized carbons (Fsp3) is 0.269. The SMILES string of the molecule is O=S(=O)(c1ccccc1)c1ncccc1Cc1c2n(c3ccccc13)CC(CC(O)O)CC2. The molecule has 5 rings (SSSR count). The highest BCUT2D eigenvalue weighted by atomic mass is 32.2. The van der Waals surface area contributed by atoms with Gasteiger partial charge in [0.1, 0.15) is 0 Å². The first kappa shape index (κ1) is 21.8. The molecule has 1 atom stereocenters. The molecule has 1 aliphatic rings. The van der Waals surface area contributed by atoms with Crippen LogP contribution in [-0.4, -0.2) is 34.5 Å². The van der Waals surface area contributed by atoms with Crippen LogP contribution in [0, 0.1) is 5.92 Å². The maximum Gasteiger partial charge on any atom is 0.224 e. The van der Waals surface area contributed by atoms with Gasteiger partial charge < -0.3 is 14.8 Å². The van der Waals surface area contributed by atoms with Crippen LogP contribution in [0.25, 0.3) is 10.9 Å².